The molecule has 0 unspecified atom stereocenters. The number of nitrogens with zero attached hydrogens (tertiary/aromatic N) is 2. The average molecular weight is 423 g/mol. The average Bonchev–Trinajstić information content (AvgIpc) is 3.36. The van der Waals surface area contributed by atoms with Crippen molar-refractivity contribution in [3.63, 3.8) is 0 Å². The third-order valence-corrected chi connectivity index (χ3v) is 7.25. The van der Waals surface area contributed by atoms with Crippen LogP contribution in [-0.4, -0.2) is 41.1 Å². The summed E-state index contributed by atoms with van der Waals surface area (Å²) in [6.07, 6.45) is 1.77. The Balaban J connectivity index is 1.55. The summed E-state index contributed by atoms with van der Waals surface area (Å²) in [5.41, 5.74) is 3.27. The molecule has 3 aliphatic rings. The number of carbonyl (C=O) groups is 3. The van der Waals surface area contributed by atoms with Gasteiger partial charge < -0.3 is 0 Å². The van der Waals surface area contributed by atoms with E-state index in [1.807, 2.05) is 32.0 Å². The Kier molecular flexibility index (Phi) is 4.56. The number of halogens is 1. The molecule has 0 bridgehead atoms. The number of imide groups is 1. The number of anilines is 1. The van der Waals surface area contributed by atoms with Crippen LogP contribution in [0, 0.1) is 25.7 Å². The van der Waals surface area contributed by atoms with Gasteiger partial charge in [0, 0.05) is 16.6 Å². The highest BCUT2D eigenvalue weighted by atomic mass is 35.5. The Morgan fingerprint density at radius 2 is 1.67 bits per heavy atom. The molecule has 2 amide bonds. The minimum atomic E-state index is -0.632. The largest absolute Gasteiger partial charge is 0.292 e. The van der Waals surface area contributed by atoms with Crippen molar-refractivity contribution in [3.8, 4) is 0 Å². The van der Waals surface area contributed by atoms with Crippen LogP contribution in [0.5, 0.6) is 0 Å². The molecule has 5 nitrogen and oxygen atoms in total. The molecule has 3 saturated heterocycles. The zero-order chi connectivity index (χ0) is 21.2. The first kappa shape index (κ1) is 19.5. The first-order valence-corrected chi connectivity index (χ1v) is 10.8. The van der Waals surface area contributed by atoms with Gasteiger partial charge in [0.15, 0.2) is 5.78 Å². The van der Waals surface area contributed by atoms with Crippen molar-refractivity contribution in [1.82, 2.24) is 4.90 Å². The maximum Gasteiger partial charge on any atom is 0.239 e. The van der Waals surface area contributed by atoms with Crippen LogP contribution in [-0.2, 0) is 9.59 Å². The molecule has 0 spiro atoms. The lowest BCUT2D eigenvalue weighted by molar-refractivity contribution is -0.123. The number of Topliss-reactive ketones (excluding diaryl/α,β-unsaturated/α-hetero) is 1. The van der Waals surface area contributed by atoms with Crippen molar-refractivity contribution < 1.29 is 14.4 Å². The van der Waals surface area contributed by atoms with Crippen LogP contribution in [0.25, 0.3) is 0 Å². The Bertz CT molecular complexity index is 1060. The van der Waals surface area contributed by atoms with Gasteiger partial charge in [-0.3, -0.25) is 19.3 Å². The molecule has 6 heteroatoms. The number of hydrogen-bond acceptors (Lipinski definition) is 4. The molecule has 0 N–H and O–H groups in total. The summed E-state index contributed by atoms with van der Waals surface area (Å²) in [7, 11) is 0. The Morgan fingerprint density at radius 3 is 2.37 bits per heavy atom. The molecule has 3 heterocycles. The SMILES string of the molecule is Cc1ccc(N2C(=O)[C@@H]3[C@H](C2=O)[C@@H](C(=O)c2ccc(Cl)cc2)N2CCC[C@H]32)cc1C. The van der Waals surface area contributed by atoms with Gasteiger partial charge in [0.05, 0.1) is 23.6 Å². The highest BCUT2D eigenvalue weighted by molar-refractivity contribution is 6.30. The van der Waals surface area contributed by atoms with E-state index >= 15 is 0 Å². The maximum absolute atomic E-state index is 13.5. The van der Waals surface area contributed by atoms with Crippen LogP contribution in [0.4, 0.5) is 5.69 Å². The molecular weight excluding hydrogens is 400 g/mol. The van der Waals surface area contributed by atoms with Crippen molar-refractivity contribution in [2.45, 2.75) is 38.8 Å². The molecule has 4 atom stereocenters. The molecule has 0 radical (unpaired) electrons. The van der Waals surface area contributed by atoms with E-state index in [4.69, 9.17) is 11.6 Å². The zero-order valence-corrected chi connectivity index (χ0v) is 17.7. The lowest BCUT2D eigenvalue weighted by Crippen LogP contribution is -2.46. The van der Waals surface area contributed by atoms with Crippen molar-refractivity contribution in [2.24, 2.45) is 11.8 Å². The Morgan fingerprint density at radius 1 is 0.967 bits per heavy atom. The van der Waals surface area contributed by atoms with Crippen LogP contribution in [0.2, 0.25) is 5.02 Å². The van der Waals surface area contributed by atoms with Gasteiger partial charge in [-0.1, -0.05) is 17.7 Å². The quantitative estimate of drug-likeness (QED) is 0.557. The lowest BCUT2D eigenvalue weighted by Gasteiger charge is -2.27. The fourth-order valence-electron chi connectivity index (χ4n) is 5.42. The standard InChI is InChI=1S/C24H23ClN2O3/c1-13-5-10-17(12-14(13)2)27-23(29)19-18-4-3-11-26(18)21(20(19)24(27)30)22(28)15-6-8-16(25)9-7-15/h5-10,12,18-21H,3-4,11H2,1-2H3/t18-,19+,20+,21+/m1/s1. The van der Waals surface area contributed by atoms with Crippen molar-refractivity contribution in [1.29, 1.82) is 0 Å². The Hall–Kier alpha value is -2.50. The normalized spacial score (nSPS) is 28.2. The molecule has 0 aromatic heterocycles. The highest BCUT2D eigenvalue weighted by Gasteiger charge is 2.64. The zero-order valence-electron chi connectivity index (χ0n) is 17.0. The number of carbonyl (C=O) groups excluding carboxylic acids is 3. The minimum Gasteiger partial charge on any atom is -0.292 e. The van der Waals surface area contributed by atoms with Crippen molar-refractivity contribution in [3.05, 3.63) is 64.2 Å². The first-order valence-electron chi connectivity index (χ1n) is 10.4. The summed E-state index contributed by atoms with van der Waals surface area (Å²) in [4.78, 5) is 43.9. The lowest BCUT2D eigenvalue weighted by atomic mass is 9.85. The number of fused-ring (bicyclic) bond motifs is 3. The third-order valence-electron chi connectivity index (χ3n) is 7.00. The molecule has 0 saturated carbocycles. The molecular formula is C24H23ClN2O3. The maximum atomic E-state index is 13.5. The van der Waals surface area contributed by atoms with E-state index < -0.39 is 17.9 Å². The van der Waals surface area contributed by atoms with Crippen LogP contribution in [0.1, 0.15) is 34.3 Å². The molecule has 2 aromatic carbocycles. The van der Waals surface area contributed by atoms with Crippen LogP contribution >= 0.6 is 11.6 Å². The number of aryl methyl sites for hydroxylation is 2. The van der Waals surface area contributed by atoms with E-state index in [1.165, 1.54) is 4.90 Å². The van der Waals surface area contributed by atoms with E-state index in [2.05, 4.69) is 4.90 Å². The van der Waals surface area contributed by atoms with Gasteiger partial charge in [-0.05, 0) is 80.8 Å². The molecule has 3 aliphatic heterocycles. The van der Waals surface area contributed by atoms with Gasteiger partial charge >= 0.3 is 0 Å². The van der Waals surface area contributed by atoms with E-state index in [-0.39, 0.29) is 23.6 Å². The van der Waals surface area contributed by atoms with Crippen molar-refractivity contribution >= 4 is 34.9 Å². The number of ketones is 1. The predicted octanol–water partition coefficient (Wildman–Crippen LogP) is 3.79. The van der Waals surface area contributed by atoms with Crippen molar-refractivity contribution in [2.75, 3.05) is 11.4 Å². The van der Waals surface area contributed by atoms with E-state index in [1.54, 1.807) is 24.3 Å². The van der Waals surface area contributed by atoms with Crippen LogP contribution in [0.3, 0.4) is 0 Å². The van der Waals surface area contributed by atoms with Gasteiger partial charge in [0.2, 0.25) is 11.8 Å². The fraction of sp³-hybridized carbons (Fsp3) is 0.375. The number of rotatable bonds is 3. The summed E-state index contributed by atoms with van der Waals surface area (Å²) < 4.78 is 0. The van der Waals surface area contributed by atoms with Gasteiger partial charge in [-0.2, -0.15) is 0 Å². The first-order chi connectivity index (χ1) is 14.4. The second kappa shape index (κ2) is 7.03. The number of hydrogen-bond donors (Lipinski definition) is 0. The van der Waals surface area contributed by atoms with Gasteiger partial charge in [-0.25, -0.2) is 4.90 Å². The fourth-order valence-corrected chi connectivity index (χ4v) is 5.55. The van der Waals surface area contributed by atoms with Gasteiger partial charge in [0.1, 0.15) is 0 Å². The predicted molar refractivity (Wildman–Crippen MR) is 115 cm³/mol. The van der Waals surface area contributed by atoms with E-state index in [0.717, 1.165) is 30.5 Å². The second-order valence-electron chi connectivity index (χ2n) is 8.60. The summed E-state index contributed by atoms with van der Waals surface area (Å²) in [5.74, 6) is -1.61. The van der Waals surface area contributed by atoms with Crippen LogP contribution in [0.15, 0.2) is 42.5 Å². The summed E-state index contributed by atoms with van der Waals surface area (Å²) >= 11 is 5.98. The highest BCUT2D eigenvalue weighted by Crippen LogP contribution is 2.48. The summed E-state index contributed by atoms with van der Waals surface area (Å²) in [6, 6.07) is 11.8. The second-order valence-corrected chi connectivity index (χ2v) is 9.03. The molecule has 0 aliphatic carbocycles. The molecule has 30 heavy (non-hydrogen) atoms. The summed E-state index contributed by atoms with van der Waals surface area (Å²) in [5, 5.41) is 0.558. The third kappa shape index (κ3) is 2.76. The minimum absolute atomic E-state index is 0.0516. The van der Waals surface area contributed by atoms with Gasteiger partial charge in [-0.15, -0.1) is 0 Å². The molecule has 2 aromatic rings. The van der Waals surface area contributed by atoms with Crippen LogP contribution < -0.4 is 4.90 Å². The number of benzene rings is 2. The topological polar surface area (TPSA) is 57.7 Å². The smallest absolute Gasteiger partial charge is 0.239 e. The monoisotopic (exact) mass is 422 g/mol. The van der Waals surface area contributed by atoms with E-state index in [0.29, 0.717) is 16.3 Å². The van der Waals surface area contributed by atoms with E-state index in [9.17, 15) is 14.4 Å². The number of amides is 2. The summed E-state index contributed by atoms with van der Waals surface area (Å²) in [6.45, 7) is 4.71. The molecule has 5 rings (SSSR count). The Labute approximate surface area is 180 Å². The molecule has 3 fully saturated rings. The molecule has 154 valence electrons. The van der Waals surface area contributed by atoms with Gasteiger partial charge in [0.25, 0.3) is 0 Å².